The Morgan fingerprint density at radius 3 is 2.57 bits per heavy atom. The summed E-state index contributed by atoms with van der Waals surface area (Å²) in [7, 11) is 1.37. The van der Waals surface area contributed by atoms with Gasteiger partial charge in [-0.1, -0.05) is 29.8 Å². The number of aromatic amines is 1. The Kier molecular flexibility index (Phi) is 4.80. The van der Waals surface area contributed by atoms with Crippen molar-refractivity contribution < 1.29 is 19.4 Å². The smallest absolute Gasteiger partial charge is 0.331 e. The molecule has 1 amide bonds. The number of carbonyl (C=O) groups excluding carboxylic acids is 1. The number of aliphatic carboxylic acids is 1. The van der Waals surface area contributed by atoms with Gasteiger partial charge < -0.3 is 15.2 Å². The van der Waals surface area contributed by atoms with Crippen molar-refractivity contribution in [1.29, 1.82) is 0 Å². The first-order valence-corrected chi connectivity index (χ1v) is 7.03. The van der Waals surface area contributed by atoms with Crippen LogP contribution in [-0.4, -0.2) is 46.4 Å². The van der Waals surface area contributed by atoms with E-state index in [1.165, 1.54) is 14.0 Å². The molecule has 3 N–H and O–H groups in total. The van der Waals surface area contributed by atoms with Crippen LogP contribution in [-0.2, 0) is 9.53 Å². The molecular weight excluding hydrogens is 298 g/mol. The van der Waals surface area contributed by atoms with Crippen LogP contribution in [0.4, 0.5) is 0 Å². The van der Waals surface area contributed by atoms with E-state index in [1.54, 1.807) is 6.07 Å². The van der Waals surface area contributed by atoms with Crippen molar-refractivity contribution in [3.8, 4) is 11.3 Å². The maximum absolute atomic E-state index is 12.2. The Hall–Kier alpha value is -2.67. The average molecular weight is 317 g/mol. The zero-order chi connectivity index (χ0) is 17.0. The molecule has 1 heterocycles. The molecule has 1 aromatic carbocycles. The summed E-state index contributed by atoms with van der Waals surface area (Å²) in [6, 6.07) is 9.28. The average Bonchev–Trinajstić information content (AvgIpc) is 2.98. The summed E-state index contributed by atoms with van der Waals surface area (Å²) in [6.45, 7) is 3.22. The lowest BCUT2D eigenvalue weighted by Crippen LogP contribution is -2.55. The van der Waals surface area contributed by atoms with Gasteiger partial charge in [0.1, 0.15) is 5.69 Å². The van der Waals surface area contributed by atoms with Crippen LogP contribution in [0.5, 0.6) is 0 Å². The zero-order valence-electron chi connectivity index (χ0n) is 13.2. The Morgan fingerprint density at radius 2 is 2.00 bits per heavy atom. The van der Waals surface area contributed by atoms with E-state index in [0.29, 0.717) is 5.69 Å². The number of hydrogen-bond acceptors (Lipinski definition) is 4. The van der Waals surface area contributed by atoms with Crippen molar-refractivity contribution in [3.05, 3.63) is 41.6 Å². The van der Waals surface area contributed by atoms with Crippen molar-refractivity contribution in [2.75, 3.05) is 13.7 Å². The molecule has 0 aliphatic rings. The number of benzene rings is 1. The Balaban J connectivity index is 2.18. The van der Waals surface area contributed by atoms with E-state index >= 15 is 0 Å². The maximum Gasteiger partial charge on any atom is 0.331 e. The molecule has 122 valence electrons. The highest BCUT2D eigenvalue weighted by molar-refractivity contribution is 5.97. The first kappa shape index (κ1) is 16.7. The summed E-state index contributed by atoms with van der Waals surface area (Å²) in [5.41, 5.74) is 1.27. The van der Waals surface area contributed by atoms with E-state index in [-0.39, 0.29) is 12.3 Å². The quantitative estimate of drug-likeness (QED) is 0.751. The number of carbonyl (C=O) groups is 2. The van der Waals surface area contributed by atoms with E-state index in [0.717, 1.165) is 11.1 Å². The van der Waals surface area contributed by atoms with Crippen LogP contribution in [0.25, 0.3) is 11.3 Å². The van der Waals surface area contributed by atoms with Crippen molar-refractivity contribution >= 4 is 11.9 Å². The van der Waals surface area contributed by atoms with Gasteiger partial charge in [-0.05, 0) is 19.9 Å². The molecule has 0 radical (unpaired) electrons. The molecule has 0 bridgehead atoms. The lowest BCUT2D eigenvalue weighted by Gasteiger charge is -2.24. The first-order valence-electron chi connectivity index (χ1n) is 7.03. The molecule has 1 atom stereocenters. The number of ether oxygens (including phenoxy) is 1. The van der Waals surface area contributed by atoms with E-state index < -0.39 is 17.4 Å². The van der Waals surface area contributed by atoms with Gasteiger partial charge >= 0.3 is 5.97 Å². The molecule has 1 aromatic heterocycles. The number of amides is 1. The monoisotopic (exact) mass is 317 g/mol. The minimum absolute atomic E-state index is 0.146. The van der Waals surface area contributed by atoms with Crippen LogP contribution in [0.3, 0.4) is 0 Å². The molecule has 0 spiro atoms. The summed E-state index contributed by atoms with van der Waals surface area (Å²) in [4.78, 5) is 23.6. The van der Waals surface area contributed by atoms with Crippen LogP contribution in [0.1, 0.15) is 23.0 Å². The predicted octanol–water partition coefficient (Wildman–Crippen LogP) is 1.60. The summed E-state index contributed by atoms with van der Waals surface area (Å²) in [5, 5.41) is 18.4. The van der Waals surface area contributed by atoms with Gasteiger partial charge in [0, 0.05) is 12.7 Å². The number of methoxy groups -OCH3 is 1. The largest absolute Gasteiger partial charge is 0.479 e. The third-order valence-corrected chi connectivity index (χ3v) is 3.46. The van der Waals surface area contributed by atoms with Gasteiger partial charge in [0.25, 0.3) is 5.91 Å². The maximum atomic E-state index is 12.2. The molecule has 2 rings (SSSR count). The van der Waals surface area contributed by atoms with Crippen molar-refractivity contribution in [1.82, 2.24) is 15.5 Å². The minimum Gasteiger partial charge on any atom is -0.479 e. The second-order valence-electron chi connectivity index (χ2n) is 5.56. The van der Waals surface area contributed by atoms with Crippen LogP contribution in [0.15, 0.2) is 30.3 Å². The van der Waals surface area contributed by atoms with Crippen molar-refractivity contribution in [2.24, 2.45) is 0 Å². The molecule has 0 saturated heterocycles. The normalized spacial score (nSPS) is 13.3. The predicted molar refractivity (Wildman–Crippen MR) is 84.1 cm³/mol. The fourth-order valence-corrected chi connectivity index (χ4v) is 2.07. The first-order chi connectivity index (χ1) is 10.9. The highest BCUT2D eigenvalue weighted by Crippen LogP contribution is 2.18. The van der Waals surface area contributed by atoms with Crippen LogP contribution < -0.4 is 5.32 Å². The molecule has 7 heteroatoms. The molecule has 7 nitrogen and oxygen atoms in total. The number of aryl methyl sites for hydroxylation is 1. The Morgan fingerprint density at radius 1 is 1.35 bits per heavy atom. The highest BCUT2D eigenvalue weighted by atomic mass is 16.5. The molecule has 0 fully saturated rings. The minimum atomic E-state index is -1.51. The van der Waals surface area contributed by atoms with Crippen molar-refractivity contribution in [3.63, 3.8) is 0 Å². The second-order valence-corrected chi connectivity index (χ2v) is 5.56. The van der Waals surface area contributed by atoms with Gasteiger partial charge in [-0.25, -0.2) is 4.79 Å². The third-order valence-electron chi connectivity index (χ3n) is 3.46. The van der Waals surface area contributed by atoms with Crippen molar-refractivity contribution in [2.45, 2.75) is 19.4 Å². The number of nitrogens with one attached hydrogen (secondary N) is 2. The van der Waals surface area contributed by atoms with Gasteiger partial charge in [0.15, 0.2) is 5.54 Å². The third kappa shape index (κ3) is 3.75. The summed E-state index contributed by atoms with van der Waals surface area (Å²) in [5.74, 6) is -1.73. The van der Waals surface area contributed by atoms with Crippen LogP contribution >= 0.6 is 0 Å². The van der Waals surface area contributed by atoms with Crippen LogP contribution in [0, 0.1) is 6.92 Å². The topological polar surface area (TPSA) is 104 Å². The standard InChI is InChI=1S/C16H19N3O4/c1-10-4-6-11(7-5-10)12-8-13(19-18-12)14(20)17-16(2,9-23-3)15(21)22/h4-8H,9H2,1-3H3,(H,17,20)(H,18,19)(H,21,22). The molecule has 1 unspecified atom stereocenters. The number of nitrogens with zero attached hydrogens (tertiary/aromatic N) is 1. The highest BCUT2D eigenvalue weighted by Gasteiger charge is 2.35. The number of aromatic nitrogens is 2. The fraction of sp³-hybridized carbons (Fsp3) is 0.312. The van der Waals surface area contributed by atoms with Gasteiger partial charge in [-0.2, -0.15) is 5.10 Å². The number of carboxylic acids is 1. The van der Waals surface area contributed by atoms with E-state index in [4.69, 9.17) is 4.74 Å². The SMILES string of the molecule is COCC(C)(NC(=O)c1cc(-c2ccc(C)cc2)n[nH]1)C(=O)O. The molecule has 2 aromatic rings. The van der Waals surface area contributed by atoms with E-state index in [2.05, 4.69) is 15.5 Å². The summed E-state index contributed by atoms with van der Waals surface area (Å²) >= 11 is 0. The van der Waals surface area contributed by atoms with Gasteiger partial charge in [-0.3, -0.25) is 9.89 Å². The lowest BCUT2D eigenvalue weighted by molar-refractivity contribution is -0.145. The van der Waals surface area contributed by atoms with Crippen LogP contribution in [0.2, 0.25) is 0 Å². The second kappa shape index (κ2) is 6.62. The zero-order valence-corrected chi connectivity index (χ0v) is 13.2. The van der Waals surface area contributed by atoms with Gasteiger partial charge in [0.05, 0.1) is 12.3 Å². The lowest BCUT2D eigenvalue weighted by atomic mass is 10.0. The van der Waals surface area contributed by atoms with Gasteiger partial charge in [-0.15, -0.1) is 0 Å². The fourth-order valence-electron chi connectivity index (χ4n) is 2.07. The molecule has 0 aliphatic carbocycles. The molecule has 23 heavy (non-hydrogen) atoms. The summed E-state index contributed by atoms with van der Waals surface area (Å²) < 4.78 is 4.87. The Bertz CT molecular complexity index is 708. The van der Waals surface area contributed by atoms with E-state index in [1.807, 2.05) is 31.2 Å². The molecular formula is C16H19N3O4. The van der Waals surface area contributed by atoms with Gasteiger partial charge in [0.2, 0.25) is 0 Å². The summed E-state index contributed by atoms with van der Waals surface area (Å²) in [6.07, 6.45) is 0. The molecule has 0 aliphatic heterocycles. The number of rotatable bonds is 6. The number of H-pyrrole nitrogens is 1. The molecule has 0 saturated carbocycles. The Labute approximate surface area is 133 Å². The number of hydrogen-bond donors (Lipinski definition) is 3. The van der Waals surface area contributed by atoms with E-state index in [9.17, 15) is 14.7 Å². The number of carboxylic acid groups (broad SMARTS) is 1.